The molecular formula is C26H35N11O9S3. The summed E-state index contributed by atoms with van der Waals surface area (Å²) in [6, 6.07) is -1.11. The van der Waals surface area contributed by atoms with Crippen LogP contribution in [0.3, 0.4) is 0 Å². The van der Waals surface area contributed by atoms with E-state index in [0.717, 1.165) is 28.2 Å². The van der Waals surface area contributed by atoms with Gasteiger partial charge in [-0.1, -0.05) is 16.9 Å². The van der Waals surface area contributed by atoms with Gasteiger partial charge in [0.1, 0.15) is 28.3 Å². The van der Waals surface area contributed by atoms with E-state index in [9.17, 15) is 29.1 Å². The predicted octanol–water partition coefficient (Wildman–Crippen LogP) is 0.225. The number of hydrogen-bond acceptors (Lipinski definition) is 18. The second-order valence-corrected chi connectivity index (χ2v) is 15.1. The van der Waals surface area contributed by atoms with Crippen molar-refractivity contribution in [2.24, 2.45) is 5.16 Å². The Morgan fingerprint density at radius 2 is 1.86 bits per heavy atom. The molecule has 2 aromatic heterocycles. The number of aromatic nitrogens is 6. The van der Waals surface area contributed by atoms with Gasteiger partial charge in [0.25, 0.3) is 11.8 Å². The molecule has 1 saturated heterocycles. The van der Waals surface area contributed by atoms with E-state index in [1.54, 1.807) is 41.5 Å². The van der Waals surface area contributed by atoms with E-state index >= 15 is 0 Å². The van der Waals surface area contributed by atoms with Gasteiger partial charge in [0.05, 0.1) is 6.54 Å². The summed E-state index contributed by atoms with van der Waals surface area (Å²) in [6.07, 6.45) is -0.590. The van der Waals surface area contributed by atoms with E-state index in [4.69, 9.17) is 20.0 Å². The van der Waals surface area contributed by atoms with Crippen molar-refractivity contribution in [3.8, 4) is 0 Å². The lowest BCUT2D eigenvalue weighted by molar-refractivity contribution is -0.160. The quantitative estimate of drug-likeness (QED) is 0.0703. The molecule has 0 radical (unpaired) electrons. The summed E-state index contributed by atoms with van der Waals surface area (Å²) in [4.78, 5) is 73.0. The van der Waals surface area contributed by atoms with Crippen LogP contribution in [0.2, 0.25) is 0 Å². The van der Waals surface area contributed by atoms with Gasteiger partial charge in [-0.05, 0) is 57.5 Å². The number of carbonyl (C=O) groups is 5. The number of carboxylic acids is 1. The van der Waals surface area contributed by atoms with Gasteiger partial charge in [0, 0.05) is 29.6 Å². The molecule has 4 heterocycles. The van der Waals surface area contributed by atoms with Gasteiger partial charge in [-0.2, -0.15) is 9.36 Å². The zero-order chi connectivity index (χ0) is 36.1. The van der Waals surface area contributed by atoms with Crippen LogP contribution in [0.15, 0.2) is 21.6 Å². The molecule has 1 unspecified atom stereocenters. The molecule has 3 amide bonds. The summed E-state index contributed by atoms with van der Waals surface area (Å²) in [5.74, 6) is -3.46. The summed E-state index contributed by atoms with van der Waals surface area (Å²) in [5.41, 5.74) is 4.03. The first kappa shape index (κ1) is 37.3. The number of rotatable bonds is 13. The molecule has 2 aromatic rings. The Morgan fingerprint density at radius 3 is 2.49 bits per heavy atom. The molecule has 0 aliphatic carbocycles. The smallest absolute Gasteiger partial charge is 0.407 e. The topological polar surface area (TPSA) is 268 Å². The van der Waals surface area contributed by atoms with Gasteiger partial charge in [0.15, 0.2) is 5.13 Å². The van der Waals surface area contributed by atoms with E-state index in [-0.39, 0.29) is 41.2 Å². The summed E-state index contributed by atoms with van der Waals surface area (Å²) in [5, 5.41) is 30.2. The summed E-state index contributed by atoms with van der Waals surface area (Å²) in [6.45, 7) is 10.0. The largest absolute Gasteiger partial charge is 0.477 e. The van der Waals surface area contributed by atoms with Crippen LogP contribution in [-0.4, -0.2) is 122 Å². The predicted molar refractivity (Wildman–Crippen MR) is 175 cm³/mol. The minimum atomic E-state index is -1.32. The molecule has 2 atom stereocenters. The number of thioether (sulfide) groups is 2. The van der Waals surface area contributed by atoms with Crippen LogP contribution in [0.5, 0.6) is 0 Å². The summed E-state index contributed by atoms with van der Waals surface area (Å²) >= 11 is 3.20. The first-order chi connectivity index (χ1) is 22.9. The summed E-state index contributed by atoms with van der Waals surface area (Å²) in [7, 11) is 0. The fourth-order valence-electron chi connectivity index (χ4n) is 4.21. The van der Waals surface area contributed by atoms with Gasteiger partial charge in [0.2, 0.25) is 23.3 Å². The highest BCUT2D eigenvalue weighted by atomic mass is 32.2. The standard InChI is InChI=1S/C26H35N11O9S3/c1-25(2,3)45-13(38)9-44-32-14(17-30-22(27)49-33-17)18(39)29-15-19(40)37-16(21(41)42)12(10-47-20(15)37)11-48-23-31-34-35-36(23)8-7-28-24(43)46-26(4,5)6/h15,20H,7-11H2,1-6H3,(H,28,43)(H,29,39)(H,41,42)(H2,27,30,33)/t15?,20-/m1/s1. The van der Waals surface area contributed by atoms with Crippen molar-refractivity contribution in [1.82, 2.24) is 45.1 Å². The number of oxime groups is 1. The number of aliphatic carboxylic acids is 1. The first-order valence-corrected chi connectivity index (χ1v) is 17.3. The third kappa shape index (κ3) is 10.0. The van der Waals surface area contributed by atoms with Crippen LogP contribution < -0.4 is 16.4 Å². The number of nitrogens with two attached hydrogens (primary N) is 1. The third-order valence-electron chi connectivity index (χ3n) is 6.03. The Balaban J connectivity index is 1.40. The number of tetrazole rings is 1. The first-order valence-electron chi connectivity index (χ1n) is 14.5. The number of fused-ring (bicyclic) bond motifs is 1. The minimum Gasteiger partial charge on any atom is -0.477 e. The number of carboxylic acid groups (broad SMARTS) is 1. The van der Waals surface area contributed by atoms with Crippen molar-refractivity contribution in [3.05, 3.63) is 17.1 Å². The molecule has 2 aliphatic rings. The molecule has 20 nitrogen and oxygen atoms in total. The Hall–Kier alpha value is -4.51. The van der Waals surface area contributed by atoms with E-state index < -0.39 is 64.8 Å². The molecule has 2 aliphatic heterocycles. The molecule has 0 bridgehead atoms. The van der Waals surface area contributed by atoms with Crippen molar-refractivity contribution >= 4 is 75.7 Å². The number of alkyl carbamates (subject to hydrolysis) is 1. The van der Waals surface area contributed by atoms with E-state index in [1.807, 2.05) is 0 Å². The number of esters is 1. The molecule has 0 aromatic carbocycles. The van der Waals surface area contributed by atoms with Gasteiger partial charge in [-0.25, -0.2) is 19.1 Å². The third-order valence-corrected chi connectivity index (χ3v) is 8.96. The molecule has 4 rings (SSSR count). The Labute approximate surface area is 292 Å². The van der Waals surface area contributed by atoms with E-state index in [1.165, 1.54) is 16.4 Å². The normalized spacial score (nSPS) is 18.0. The van der Waals surface area contributed by atoms with Crippen molar-refractivity contribution < 1.29 is 43.4 Å². The highest BCUT2D eigenvalue weighted by Gasteiger charge is 2.54. The second kappa shape index (κ2) is 15.4. The van der Waals surface area contributed by atoms with Crippen molar-refractivity contribution in [2.45, 2.75) is 75.9 Å². The monoisotopic (exact) mass is 741 g/mol. The number of β-lactam (4-membered cyclic amide) rings is 1. The Bertz CT molecular complexity index is 1660. The van der Waals surface area contributed by atoms with Crippen molar-refractivity contribution in [3.63, 3.8) is 0 Å². The van der Waals surface area contributed by atoms with Gasteiger partial charge in [-0.15, -0.1) is 16.9 Å². The average Bonchev–Trinajstić information content (AvgIpc) is 3.62. The van der Waals surface area contributed by atoms with Crippen LogP contribution in [0.25, 0.3) is 0 Å². The highest BCUT2D eigenvalue weighted by molar-refractivity contribution is 8.01. The number of nitrogens with one attached hydrogen (secondary N) is 2. The molecular weight excluding hydrogens is 707 g/mol. The number of hydrogen-bond donors (Lipinski definition) is 4. The number of nitrogens with zero attached hydrogens (tertiary/aromatic N) is 8. The lowest BCUT2D eigenvalue weighted by atomic mass is 10.0. The fraction of sp³-hybridized carbons (Fsp3) is 0.577. The zero-order valence-electron chi connectivity index (χ0n) is 27.3. The zero-order valence-corrected chi connectivity index (χ0v) is 29.7. The molecule has 5 N–H and O–H groups in total. The number of nitrogen functional groups attached to an aromatic ring is 1. The lowest BCUT2D eigenvalue weighted by Gasteiger charge is -2.49. The number of ether oxygens (including phenoxy) is 2. The van der Waals surface area contributed by atoms with Gasteiger partial charge in [-0.3, -0.25) is 14.5 Å². The van der Waals surface area contributed by atoms with Crippen LogP contribution in [-0.2, 0) is 40.0 Å². The maximum Gasteiger partial charge on any atom is 0.407 e. The second-order valence-electron chi connectivity index (χ2n) is 12.3. The molecule has 266 valence electrons. The maximum absolute atomic E-state index is 13.3. The van der Waals surface area contributed by atoms with Crippen LogP contribution in [0.4, 0.5) is 9.93 Å². The van der Waals surface area contributed by atoms with Gasteiger partial charge < -0.3 is 35.8 Å². The van der Waals surface area contributed by atoms with Crippen molar-refractivity contribution in [2.75, 3.05) is 30.4 Å². The van der Waals surface area contributed by atoms with Gasteiger partial charge >= 0.3 is 18.0 Å². The molecule has 23 heteroatoms. The minimum absolute atomic E-state index is 0.0320. The molecule has 1 fully saturated rings. The number of anilines is 1. The lowest BCUT2D eigenvalue weighted by Crippen LogP contribution is -2.71. The van der Waals surface area contributed by atoms with E-state index in [0.29, 0.717) is 10.7 Å². The number of amides is 3. The number of carbonyl (C=O) groups excluding carboxylic acids is 4. The molecule has 49 heavy (non-hydrogen) atoms. The summed E-state index contributed by atoms with van der Waals surface area (Å²) < 4.78 is 15.8. The van der Waals surface area contributed by atoms with E-state index in [2.05, 4.69) is 40.7 Å². The van der Waals surface area contributed by atoms with Crippen LogP contribution >= 0.6 is 35.1 Å². The van der Waals surface area contributed by atoms with Crippen LogP contribution in [0, 0.1) is 0 Å². The average molecular weight is 742 g/mol. The SMILES string of the molecule is CC(C)(C)OC(=O)CON=C(C(=O)NC1C(=O)N2C(C(=O)O)=C(CSc3nnnn3CCNC(=O)OC(C)(C)C)CS[C@H]12)c1nsc(N)n1. The Morgan fingerprint density at radius 1 is 1.14 bits per heavy atom. The van der Waals surface area contributed by atoms with Crippen molar-refractivity contribution in [1.29, 1.82) is 0 Å². The Kier molecular flexibility index (Phi) is 11.7. The maximum atomic E-state index is 13.3. The fourth-order valence-corrected chi connectivity index (χ4v) is 7.03. The highest BCUT2D eigenvalue weighted by Crippen LogP contribution is 2.41. The van der Waals surface area contributed by atoms with Crippen LogP contribution in [0.1, 0.15) is 47.4 Å². The molecule has 0 saturated carbocycles. The molecule has 0 spiro atoms.